The van der Waals surface area contributed by atoms with Gasteiger partial charge in [0.25, 0.3) is 0 Å². The number of benzene rings is 1. The van der Waals surface area contributed by atoms with Crippen molar-refractivity contribution in [2.24, 2.45) is 5.73 Å². The average molecular weight is 299 g/mol. The molecule has 0 aromatic heterocycles. The maximum absolute atomic E-state index is 13.0. The van der Waals surface area contributed by atoms with Gasteiger partial charge < -0.3 is 15.5 Å². The van der Waals surface area contributed by atoms with E-state index in [1.807, 2.05) is 0 Å². The van der Waals surface area contributed by atoms with Crippen LogP contribution in [0.4, 0.5) is 0 Å². The van der Waals surface area contributed by atoms with E-state index in [0.717, 1.165) is 51.9 Å². The molecule has 3 aliphatic rings. The minimum Gasteiger partial charge on any atom is -0.339 e. The summed E-state index contributed by atoms with van der Waals surface area (Å²) in [5.74, 6) is 0.335. The van der Waals surface area contributed by atoms with E-state index < -0.39 is 0 Å². The van der Waals surface area contributed by atoms with E-state index in [1.165, 1.54) is 11.1 Å². The molecule has 1 aromatic rings. The van der Waals surface area contributed by atoms with E-state index in [0.29, 0.717) is 5.91 Å². The third-order valence-corrected chi connectivity index (χ3v) is 5.75. The molecule has 0 atom stereocenters. The highest BCUT2D eigenvalue weighted by Crippen LogP contribution is 2.50. The number of nitrogens with two attached hydrogens (primary N) is 1. The van der Waals surface area contributed by atoms with Crippen molar-refractivity contribution in [1.82, 2.24) is 9.80 Å². The summed E-state index contributed by atoms with van der Waals surface area (Å²) in [5.41, 5.74) is 8.34. The van der Waals surface area contributed by atoms with Gasteiger partial charge in [0, 0.05) is 31.7 Å². The first kappa shape index (κ1) is 14.2. The summed E-state index contributed by atoms with van der Waals surface area (Å²) < 4.78 is 0. The highest BCUT2D eigenvalue weighted by molar-refractivity contribution is 5.91. The van der Waals surface area contributed by atoms with Crippen LogP contribution in [-0.4, -0.2) is 48.9 Å². The Hall–Kier alpha value is -1.39. The summed E-state index contributed by atoms with van der Waals surface area (Å²) in [7, 11) is 2.12. The summed E-state index contributed by atoms with van der Waals surface area (Å²) in [6.45, 7) is 3.69. The van der Waals surface area contributed by atoms with Crippen molar-refractivity contribution < 1.29 is 4.79 Å². The summed E-state index contributed by atoms with van der Waals surface area (Å²) >= 11 is 0. The van der Waals surface area contributed by atoms with Crippen LogP contribution in [0.3, 0.4) is 0 Å². The Labute approximate surface area is 132 Å². The molecule has 2 N–H and O–H groups in total. The Balaban J connectivity index is 1.52. The molecular formula is C18H25N3O. The van der Waals surface area contributed by atoms with E-state index in [2.05, 4.69) is 41.1 Å². The molecule has 4 heteroatoms. The monoisotopic (exact) mass is 299 g/mol. The molecule has 2 aliphatic carbocycles. The van der Waals surface area contributed by atoms with Crippen LogP contribution >= 0.6 is 0 Å². The van der Waals surface area contributed by atoms with Crippen LogP contribution in [0.25, 0.3) is 0 Å². The predicted molar refractivity (Wildman–Crippen MR) is 86.5 cm³/mol. The maximum Gasteiger partial charge on any atom is 0.233 e. The molecule has 0 radical (unpaired) electrons. The van der Waals surface area contributed by atoms with Gasteiger partial charge in [-0.3, -0.25) is 4.79 Å². The predicted octanol–water partition coefficient (Wildman–Crippen LogP) is 1.44. The highest BCUT2D eigenvalue weighted by atomic mass is 16.2. The van der Waals surface area contributed by atoms with Crippen molar-refractivity contribution >= 4 is 5.91 Å². The third kappa shape index (κ3) is 2.25. The van der Waals surface area contributed by atoms with Crippen LogP contribution in [0.5, 0.6) is 0 Å². The highest BCUT2D eigenvalue weighted by Gasteiger charge is 2.53. The summed E-state index contributed by atoms with van der Waals surface area (Å²) in [5, 5.41) is 0. The normalized spacial score (nSPS) is 25.8. The molecule has 3 fully saturated rings. The molecule has 0 bridgehead atoms. The van der Waals surface area contributed by atoms with Crippen LogP contribution in [-0.2, 0) is 15.7 Å². The first-order chi connectivity index (χ1) is 10.5. The van der Waals surface area contributed by atoms with Crippen LogP contribution in [0.2, 0.25) is 0 Å². The summed E-state index contributed by atoms with van der Waals surface area (Å²) in [6, 6.07) is 8.56. The van der Waals surface area contributed by atoms with Crippen molar-refractivity contribution in [2.75, 3.05) is 33.2 Å². The first-order valence-electron chi connectivity index (χ1n) is 8.41. The molecule has 1 amide bonds. The topological polar surface area (TPSA) is 49.6 Å². The lowest BCUT2D eigenvalue weighted by Crippen LogP contribution is -2.50. The molecule has 1 aliphatic heterocycles. The molecule has 0 spiro atoms. The van der Waals surface area contributed by atoms with Gasteiger partial charge in [-0.15, -0.1) is 0 Å². The number of hydrogen-bond donors (Lipinski definition) is 1. The van der Waals surface area contributed by atoms with Gasteiger partial charge in [-0.25, -0.2) is 0 Å². The Morgan fingerprint density at radius 3 is 2.00 bits per heavy atom. The van der Waals surface area contributed by atoms with Crippen molar-refractivity contribution in [2.45, 2.75) is 36.6 Å². The summed E-state index contributed by atoms with van der Waals surface area (Å²) in [6.07, 6.45) is 4.14. The van der Waals surface area contributed by atoms with Crippen molar-refractivity contribution in [3.63, 3.8) is 0 Å². The SMILES string of the molecule is CN1CCN(C(=O)C2(c3ccc(C4(N)CC4)cc3)CC2)CC1. The first-order valence-corrected chi connectivity index (χ1v) is 8.41. The molecule has 2 saturated carbocycles. The molecule has 1 aromatic carbocycles. The lowest BCUT2D eigenvalue weighted by atomic mass is 9.91. The zero-order valence-corrected chi connectivity index (χ0v) is 13.3. The quantitative estimate of drug-likeness (QED) is 0.919. The van der Waals surface area contributed by atoms with Crippen LogP contribution in [0.15, 0.2) is 24.3 Å². The molecule has 1 saturated heterocycles. The number of piperazine rings is 1. The van der Waals surface area contributed by atoms with Gasteiger partial charge in [0.2, 0.25) is 5.91 Å². The second-order valence-electron chi connectivity index (χ2n) is 7.41. The summed E-state index contributed by atoms with van der Waals surface area (Å²) in [4.78, 5) is 17.3. The van der Waals surface area contributed by atoms with E-state index >= 15 is 0 Å². The number of hydrogen-bond acceptors (Lipinski definition) is 3. The van der Waals surface area contributed by atoms with Crippen LogP contribution < -0.4 is 5.73 Å². The second kappa shape index (κ2) is 4.80. The van der Waals surface area contributed by atoms with E-state index in [4.69, 9.17) is 5.73 Å². The van der Waals surface area contributed by atoms with Crippen LogP contribution in [0.1, 0.15) is 36.8 Å². The molecule has 118 valence electrons. The number of nitrogens with zero attached hydrogens (tertiary/aromatic N) is 2. The van der Waals surface area contributed by atoms with Gasteiger partial charge >= 0.3 is 0 Å². The zero-order chi connectivity index (χ0) is 15.4. The average Bonchev–Trinajstić information content (AvgIpc) is 3.44. The van der Waals surface area contributed by atoms with Crippen LogP contribution in [0, 0.1) is 0 Å². The maximum atomic E-state index is 13.0. The lowest BCUT2D eigenvalue weighted by Gasteiger charge is -2.35. The van der Waals surface area contributed by atoms with Gasteiger partial charge in [0.15, 0.2) is 0 Å². The number of carbonyl (C=O) groups is 1. The second-order valence-corrected chi connectivity index (χ2v) is 7.41. The van der Waals surface area contributed by atoms with Gasteiger partial charge in [-0.05, 0) is 43.9 Å². The minimum absolute atomic E-state index is 0.0866. The molecular weight excluding hydrogens is 274 g/mol. The Morgan fingerprint density at radius 2 is 1.50 bits per heavy atom. The van der Waals surface area contributed by atoms with Gasteiger partial charge in [0.1, 0.15) is 0 Å². The molecule has 22 heavy (non-hydrogen) atoms. The fourth-order valence-electron chi connectivity index (χ4n) is 3.61. The van der Waals surface area contributed by atoms with Gasteiger partial charge in [-0.1, -0.05) is 24.3 Å². The van der Waals surface area contributed by atoms with Gasteiger partial charge in [0.05, 0.1) is 5.41 Å². The molecule has 1 heterocycles. The number of likely N-dealkylation sites (N-methyl/N-ethyl adjacent to an activating group) is 1. The van der Waals surface area contributed by atoms with Crippen molar-refractivity contribution in [3.05, 3.63) is 35.4 Å². The lowest BCUT2D eigenvalue weighted by molar-refractivity contribution is -0.135. The molecule has 4 rings (SSSR count). The van der Waals surface area contributed by atoms with Gasteiger partial charge in [-0.2, -0.15) is 0 Å². The van der Waals surface area contributed by atoms with E-state index in [9.17, 15) is 4.79 Å². The smallest absolute Gasteiger partial charge is 0.233 e. The fourth-order valence-corrected chi connectivity index (χ4v) is 3.61. The third-order valence-electron chi connectivity index (χ3n) is 5.75. The molecule has 4 nitrogen and oxygen atoms in total. The zero-order valence-electron chi connectivity index (χ0n) is 13.3. The molecule has 0 unspecified atom stereocenters. The number of rotatable bonds is 3. The minimum atomic E-state index is -0.236. The standard InChI is InChI=1S/C18H25N3O/c1-20-10-12-21(13-11-20)16(22)17(6-7-17)14-2-4-15(5-3-14)18(19)8-9-18/h2-5H,6-13,19H2,1H3. The number of amides is 1. The van der Waals surface area contributed by atoms with Crippen molar-refractivity contribution in [1.29, 1.82) is 0 Å². The van der Waals surface area contributed by atoms with E-state index in [-0.39, 0.29) is 11.0 Å². The van der Waals surface area contributed by atoms with E-state index in [1.54, 1.807) is 0 Å². The Bertz CT molecular complexity index is 579. The number of carbonyl (C=O) groups excluding carboxylic acids is 1. The fraction of sp³-hybridized carbons (Fsp3) is 0.611. The van der Waals surface area contributed by atoms with Crippen molar-refractivity contribution in [3.8, 4) is 0 Å². The Kier molecular flexibility index (Phi) is 3.10. The largest absolute Gasteiger partial charge is 0.339 e. The Morgan fingerprint density at radius 1 is 0.955 bits per heavy atom.